The first-order chi connectivity index (χ1) is 7.24. The zero-order valence-corrected chi connectivity index (χ0v) is 9.80. The van der Waals surface area contributed by atoms with Gasteiger partial charge in [0.2, 0.25) is 0 Å². The Morgan fingerprint density at radius 1 is 1.13 bits per heavy atom. The quantitative estimate of drug-likeness (QED) is 0.679. The number of aromatic nitrogens is 2. The molecule has 0 fully saturated rings. The van der Waals surface area contributed by atoms with Crippen molar-refractivity contribution in [1.82, 2.24) is 20.8 Å². The van der Waals surface area contributed by atoms with Crippen molar-refractivity contribution in [2.24, 2.45) is 0 Å². The van der Waals surface area contributed by atoms with Gasteiger partial charge in [-0.15, -0.1) is 0 Å². The number of hydrogen-bond acceptors (Lipinski definition) is 4. The molecule has 0 radical (unpaired) electrons. The van der Waals surface area contributed by atoms with Crippen LogP contribution in [0.25, 0.3) is 0 Å². The molecule has 0 amide bonds. The molecular formula is C11H20N4. The molecule has 1 aromatic heterocycles. The zero-order chi connectivity index (χ0) is 11.1. The fourth-order valence-electron chi connectivity index (χ4n) is 1.36. The molecule has 0 atom stereocenters. The standard InChI is InChI=1S/C11H20N4/c1-4-12-5-6-13-8-11-7-9(2)14-15-10(11)3/h7,12-13H,4-6,8H2,1-3H3. The van der Waals surface area contributed by atoms with Gasteiger partial charge in [-0.3, -0.25) is 0 Å². The van der Waals surface area contributed by atoms with Gasteiger partial charge in [-0.05, 0) is 32.0 Å². The van der Waals surface area contributed by atoms with Crippen LogP contribution >= 0.6 is 0 Å². The first-order valence-electron chi connectivity index (χ1n) is 5.45. The van der Waals surface area contributed by atoms with Gasteiger partial charge in [0.1, 0.15) is 0 Å². The van der Waals surface area contributed by atoms with Gasteiger partial charge >= 0.3 is 0 Å². The molecule has 0 unspecified atom stereocenters. The molecule has 4 heteroatoms. The van der Waals surface area contributed by atoms with Gasteiger partial charge in [0.05, 0.1) is 11.4 Å². The molecule has 0 aliphatic rings. The number of likely N-dealkylation sites (N-methyl/N-ethyl adjacent to an activating group) is 1. The third-order valence-electron chi connectivity index (χ3n) is 2.25. The van der Waals surface area contributed by atoms with E-state index in [1.165, 1.54) is 5.56 Å². The third-order valence-corrected chi connectivity index (χ3v) is 2.25. The van der Waals surface area contributed by atoms with Crippen molar-refractivity contribution in [1.29, 1.82) is 0 Å². The number of rotatable bonds is 6. The summed E-state index contributed by atoms with van der Waals surface area (Å²) in [6, 6.07) is 2.09. The highest BCUT2D eigenvalue weighted by molar-refractivity contribution is 5.19. The van der Waals surface area contributed by atoms with Crippen LogP contribution in [0.1, 0.15) is 23.9 Å². The molecule has 0 aliphatic carbocycles. The molecule has 1 rings (SSSR count). The number of hydrogen-bond donors (Lipinski definition) is 2. The lowest BCUT2D eigenvalue weighted by Gasteiger charge is -2.07. The summed E-state index contributed by atoms with van der Waals surface area (Å²) in [4.78, 5) is 0. The van der Waals surface area contributed by atoms with E-state index in [1.54, 1.807) is 0 Å². The van der Waals surface area contributed by atoms with E-state index in [2.05, 4.69) is 33.8 Å². The molecule has 4 nitrogen and oxygen atoms in total. The van der Waals surface area contributed by atoms with E-state index in [4.69, 9.17) is 0 Å². The molecule has 0 aromatic carbocycles. The number of nitrogens with one attached hydrogen (secondary N) is 2. The van der Waals surface area contributed by atoms with Gasteiger partial charge in [0.25, 0.3) is 0 Å². The maximum atomic E-state index is 4.09. The summed E-state index contributed by atoms with van der Waals surface area (Å²) < 4.78 is 0. The van der Waals surface area contributed by atoms with Crippen LogP contribution in [0, 0.1) is 13.8 Å². The third kappa shape index (κ3) is 4.36. The maximum Gasteiger partial charge on any atom is 0.0645 e. The fourth-order valence-corrected chi connectivity index (χ4v) is 1.36. The topological polar surface area (TPSA) is 49.8 Å². The Morgan fingerprint density at radius 2 is 1.87 bits per heavy atom. The lowest BCUT2D eigenvalue weighted by Crippen LogP contribution is -2.27. The second-order valence-corrected chi connectivity index (χ2v) is 3.63. The van der Waals surface area contributed by atoms with Crippen molar-refractivity contribution in [2.45, 2.75) is 27.3 Å². The average molecular weight is 208 g/mol. The van der Waals surface area contributed by atoms with Crippen LogP contribution in [-0.4, -0.2) is 29.8 Å². The van der Waals surface area contributed by atoms with Gasteiger partial charge in [-0.2, -0.15) is 10.2 Å². The van der Waals surface area contributed by atoms with Crippen molar-refractivity contribution in [3.05, 3.63) is 23.0 Å². The fraction of sp³-hybridized carbons (Fsp3) is 0.636. The predicted molar refractivity (Wildman–Crippen MR) is 61.8 cm³/mol. The van der Waals surface area contributed by atoms with Crippen LogP contribution in [0.4, 0.5) is 0 Å². The summed E-state index contributed by atoms with van der Waals surface area (Å²) in [6.45, 7) is 9.95. The Morgan fingerprint density at radius 3 is 2.60 bits per heavy atom. The highest BCUT2D eigenvalue weighted by Gasteiger charge is 2.00. The number of nitrogens with zero attached hydrogens (tertiary/aromatic N) is 2. The minimum absolute atomic E-state index is 0.869. The van der Waals surface area contributed by atoms with Crippen molar-refractivity contribution in [3.63, 3.8) is 0 Å². The zero-order valence-electron chi connectivity index (χ0n) is 9.80. The van der Waals surface area contributed by atoms with Crippen LogP contribution in [0.15, 0.2) is 6.07 Å². The maximum absolute atomic E-state index is 4.09. The molecule has 1 aromatic rings. The minimum Gasteiger partial charge on any atom is -0.316 e. The summed E-state index contributed by atoms with van der Waals surface area (Å²) in [5, 5.41) is 14.7. The number of aryl methyl sites for hydroxylation is 2. The van der Waals surface area contributed by atoms with Crippen LogP contribution in [0.5, 0.6) is 0 Å². The first kappa shape index (κ1) is 12.1. The van der Waals surface area contributed by atoms with E-state index in [-0.39, 0.29) is 0 Å². The van der Waals surface area contributed by atoms with E-state index in [0.29, 0.717) is 0 Å². The molecule has 1 heterocycles. The summed E-state index contributed by atoms with van der Waals surface area (Å²) in [6.07, 6.45) is 0. The van der Waals surface area contributed by atoms with Crippen molar-refractivity contribution < 1.29 is 0 Å². The van der Waals surface area contributed by atoms with Gasteiger partial charge in [-0.1, -0.05) is 6.92 Å². The molecule has 0 spiro atoms. The highest BCUT2D eigenvalue weighted by atomic mass is 15.1. The summed E-state index contributed by atoms with van der Waals surface area (Å²) in [5.74, 6) is 0. The van der Waals surface area contributed by atoms with E-state index in [9.17, 15) is 0 Å². The second kappa shape index (κ2) is 6.48. The Labute approximate surface area is 91.5 Å². The Bertz CT molecular complexity index is 299. The van der Waals surface area contributed by atoms with Crippen molar-refractivity contribution >= 4 is 0 Å². The largest absolute Gasteiger partial charge is 0.316 e. The lowest BCUT2D eigenvalue weighted by molar-refractivity contribution is 0.621. The average Bonchev–Trinajstić information content (AvgIpc) is 2.23. The van der Waals surface area contributed by atoms with Crippen LogP contribution in [-0.2, 0) is 6.54 Å². The Kier molecular flexibility index (Phi) is 5.21. The molecule has 0 saturated carbocycles. The Hall–Kier alpha value is -1.00. The SMILES string of the molecule is CCNCCNCc1cc(C)nnc1C. The molecule has 0 aliphatic heterocycles. The predicted octanol–water partition coefficient (Wildman–Crippen LogP) is 0.793. The molecule has 84 valence electrons. The Balaban J connectivity index is 2.33. The molecule has 15 heavy (non-hydrogen) atoms. The van der Waals surface area contributed by atoms with Crippen LogP contribution in [0.2, 0.25) is 0 Å². The molecule has 0 bridgehead atoms. The van der Waals surface area contributed by atoms with E-state index < -0.39 is 0 Å². The van der Waals surface area contributed by atoms with E-state index in [0.717, 1.165) is 37.6 Å². The monoisotopic (exact) mass is 208 g/mol. The molecular weight excluding hydrogens is 188 g/mol. The van der Waals surface area contributed by atoms with E-state index in [1.807, 2.05) is 13.8 Å². The van der Waals surface area contributed by atoms with Crippen LogP contribution in [0.3, 0.4) is 0 Å². The van der Waals surface area contributed by atoms with Gasteiger partial charge in [0.15, 0.2) is 0 Å². The smallest absolute Gasteiger partial charge is 0.0645 e. The highest BCUT2D eigenvalue weighted by Crippen LogP contribution is 2.04. The van der Waals surface area contributed by atoms with Crippen molar-refractivity contribution in [3.8, 4) is 0 Å². The molecule has 2 N–H and O–H groups in total. The summed E-state index contributed by atoms with van der Waals surface area (Å²) >= 11 is 0. The van der Waals surface area contributed by atoms with Crippen molar-refractivity contribution in [2.75, 3.05) is 19.6 Å². The molecule has 0 saturated heterocycles. The lowest BCUT2D eigenvalue weighted by atomic mass is 10.2. The second-order valence-electron chi connectivity index (χ2n) is 3.63. The summed E-state index contributed by atoms with van der Waals surface area (Å²) in [5.41, 5.74) is 3.22. The summed E-state index contributed by atoms with van der Waals surface area (Å²) in [7, 11) is 0. The normalized spacial score (nSPS) is 10.6. The van der Waals surface area contributed by atoms with E-state index >= 15 is 0 Å². The van der Waals surface area contributed by atoms with Gasteiger partial charge in [0, 0.05) is 19.6 Å². The van der Waals surface area contributed by atoms with Crippen LogP contribution < -0.4 is 10.6 Å². The minimum atomic E-state index is 0.869. The van der Waals surface area contributed by atoms with Gasteiger partial charge < -0.3 is 10.6 Å². The first-order valence-corrected chi connectivity index (χ1v) is 5.45. The van der Waals surface area contributed by atoms with Gasteiger partial charge in [-0.25, -0.2) is 0 Å².